The number of fused-ring (bicyclic) bond motifs is 1. The van der Waals surface area contributed by atoms with Crippen LogP contribution in [0.5, 0.6) is 0 Å². The summed E-state index contributed by atoms with van der Waals surface area (Å²) in [7, 11) is 0. The molecule has 0 radical (unpaired) electrons. The Morgan fingerprint density at radius 2 is 2.12 bits per heavy atom. The molecule has 3 N–H and O–H groups in total. The molecule has 0 aliphatic rings. The van der Waals surface area contributed by atoms with Crippen molar-refractivity contribution in [1.82, 2.24) is 9.97 Å². The summed E-state index contributed by atoms with van der Waals surface area (Å²) in [4.78, 5) is 9.67. The number of nitrogens with two attached hydrogens (primary N) is 1. The number of thioether (sulfide) groups is 1. The molecule has 0 saturated carbocycles. The van der Waals surface area contributed by atoms with Crippen LogP contribution in [0, 0.1) is 0 Å². The van der Waals surface area contributed by atoms with Crippen LogP contribution in [0.25, 0.3) is 10.2 Å². The third kappa shape index (κ3) is 2.45. The SMILES string of the molecule is CC(C)(C)Sc1nc(NN)nc2sccc12. The number of rotatable bonds is 2. The van der Waals surface area contributed by atoms with Gasteiger partial charge in [0, 0.05) is 10.1 Å². The van der Waals surface area contributed by atoms with Crippen molar-refractivity contribution in [1.29, 1.82) is 0 Å². The summed E-state index contributed by atoms with van der Waals surface area (Å²) in [6.07, 6.45) is 0. The van der Waals surface area contributed by atoms with E-state index in [4.69, 9.17) is 5.84 Å². The van der Waals surface area contributed by atoms with Crippen LogP contribution in [-0.4, -0.2) is 14.7 Å². The normalized spacial score (nSPS) is 12.0. The number of hydrogen-bond donors (Lipinski definition) is 2. The molecular weight excluding hydrogens is 240 g/mol. The number of hydrazine groups is 1. The fraction of sp³-hybridized carbons (Fsp3) is 0.400. The van der Waals surface area contributed by atoms with Crippen LogP contribution in [0.4, 0.5) is 5.95 Å². The van der Waals surface area contributed by atoms with E-state index in [0.717, 1.165) is 15.2 Å². The van der Waals surface area contributed by atoms with Crippen LogP contribution in [0.15, 0.2) is 16.5 Å². The number of aromatic nitrogens is 2. The van der Waals surface area contributed by atoms with E-state index in [0.29, 0.717) is 5.95 Å². The molecule has 0 amide bonds. The molecule has 0 aliphatic heterocycles. The molecule has 6 heteroatoms. The van der Waals surface area contributed by atoms with Gasteiger partial charge in [-0.25, -0.2) is 15.8 Å². The number of hydrogen-bond acceptors (Lipinski definition) is 6. The first-order chi connectivity index (χ1) is 7.49. The van der Waals surface area contributed by atoms with Gasteiger partial charge in [-0.2, -0.15) is 0 Å². The number of nitrogen functional groups attached to an aromatic ring is 1. The molecule has 0 fully saturated rings. The largest absolute Gasteiger partial charge is 0.292 e. The minimum Gasteiger partial charge on any atom is -0.292 e. The van der Waals surface area contributed by atoms with E-state index in [1.165, 1.54) is 0 Å². The summed E-state index contributed by atoms with van der Waals surface area (Å²) in [5.74, 6) is 5.84. The van der Waals surface area contributed by atoms with E-state index in [-0.39, 0.29) is 4.75 Å². The molecule has 0 atom stereocenters. The summed E-state index contributed by atoms with van der Waals surface area (Å²) in [6, 6.07) is 2.05. The van der Waals surface area contributed by atoms with E-state index < -0.39 is 0 Å². The van der Waals surface area contributed by atoms with Crippen LogP contribution in [0.1, 0.15) is 20.8 Å². The monoisotopic (exact) mass is 254 g/mol. The second-order valence-corrected chi connectivity index (χ2v) is 7.06. The molecule has 0 aliphatic carbocycles. The van der Waals surface area contributed by atoms with E-state index in [1.54, 1.807) is 23.1 Å². The van der Waals surface area contributed by atoms with Crippen molar-refractivity contribution in [3.05, 3.63) is 11.4 Å². The van der Waals surface area contributed by atoms with Crippen molar-refractivity contribution in [3.8, 4) is 0 Å². The van der Waals surface area contributed by atoms with Gasteiger partial charge in [-0.15, -0.1) is 11.3 Å². The van der Waals surface area contributed by atoms with Gasteiger partial charge in [0.2, 0.25) is 5.95 Å². The Morgan fingerprint density at radius 3 is 2.75 bits per heavy atom. The molecule has 16 heavy (non-hydrogen) atoms. The van der Waals surface area contributed by atoms with E-state index in [2.05, 4.69) is 36.2 Å². The lowest BCUT2D eigenvalue weighted by molar-refractivity contribution is 0.800. The first-order valence-corrected chi connectivity index (χ1v) is 6.60. The minimum absolute atomic E-state index is 0.120. The van der Waals surface area contributed by atoms with E-state index >= 15 is 0 Å². The van der Waals surface area contributed by atoms with Gasteiger partial charge >= 0.3 is 0 Å². The number of thiophene rings is 1. The van der Waals surface area contributed by atoms with Crippen molar-refractivity contribution in [3.63, 3.8) is 0 Å². The van der Waals surface area contributed by atoms with Crippen LogP contribution < -0.4 is 11.3 Å². The fourth-order valence-electron chi connectivity index (χ4n) is 1.26. The molecule has 0 unspecified atom stereocenters. The lowest BCUT2D eigenvalue weighted by Crippen LogP contribution is -2.12. The van der Waals surface area contributed by atoms with Gasteiger partial charge in [0.25, 0.3) is 0 Å². The van der Waals surface area contributed by atoms with Gasteiger partial charge in [0.1, 0.15) is 9.86 Å². The fourth-order valence-corrected chi connectivity index (χ4v) is 3.08. The van der Waals surface area contributed by atoms with Crippen LogP contribution in [-0.2, 0) is 0 Å². The van der Waals surface area contributed by atoms with E-state index in [1.807, 2.05) is 11.4 Å². The summed E-state index contributed by atoms with van der Waals surface area (Å²) in [5.41, 5.74) is 2.51. The first kappa shape index (κ1) is 11.6. The number of anilines is 1. The summed E-state index contributed by atoms with van der Waals surface area (Å²) in [5, 5.41) is 4.10. The molecule has 0 bridgehead atoms. The molecule has 0 spiro atoms. The minimum atomic E-state index is 0.120. The molecule has 0 saturated heterocycles. The van der Waals surface area contributed by atoms with Crippen molar-refractivity contribution >= 4 is 39.3 Å². The molecular formula is C10H14N4S2. The van der Waals surface area contributed by atoms with Gasteiger partial charge in [0.05, 0.1) is 0 Å². The highest BCUT2D eigenvalue weighted by Crippen LogP contribution is 2.36. The molecule has 86 valence electrons. The molecule has 2 aromatic rings. The zero-order valence-corrected chi connectivity index (χ0v) is 11.1. The molecule has 0 aromatic carbocycles. The van der Waals surface area contributed by atoms with E-state index in [9.17, 15) is 0 Å². The average Bonchev–Trinajstić information content (AvgIpc) is 2.63. The Balaban J connectivity index is 2.52. The Morgan fingerprint density at radius 1 is 1.38 bits per heavy atom. The summed E-state index contributed by atoms with van der Waals surface area (Å²) in [6.45, 7) is 6.48. The maximum absolute atomic E-state index is 5.36. The molecule has 2 rings (SSSR count). The predicted octanol–water partition coefficient (Wildman–Crippen LogP) is 2.87. The zero-order chi connectivity index (χ0) is 11.8. The van der Waals surface area contributed by atoms with Crippen LogP contribution >= 0.6 is 23.1 Å². The van der Waals surface area contributed by atoms with Gasteiger partial charge in [-0.1, -0.05) is 32.5 Å². The quantitative estimate of drug-likeness (QED) is 0.373. The summed E-state index contributed by atoms with van der Waals surface area (Å²) >= 11 is 3.32. The van der Waals surface area contributed by atoms with Crippen LogP contribution in [0.2, 0.25) is 0 Å². The maximum atomic E-state index is 5.36. The molecule has 2 heterocycles. The third-order valence-corrected chi connectivity index (χ3v) is 3.75. The van der Waals surface area contributed by atoms with Gasteiger partial charge < -0.3 is 0 Å². The van der Waals surface area contributed by atoms with Gasteiger partial charge in [0.15, 0.2) is 0 Å². The zero-order valence-electron chi connectivity index (χ0n) is 9.44. The van der Waals surface area contributed by atoms with Crippen LogP contribution in [0.3, 0.4) is 0 Å². The highest BCUT2D eigenvalue weighted by molar-refractivity contribution is 8.00. The predicted molar refractivity (Wildman–Crippen MR) is 70.8 cm³/mol. The topological polar surface area (TPSA) is 63.8 Å². The smallest absolute Gasteiger partial charge is 0.239 e. The Hall–Kier alpha value is -0.850. The number of nitrogens with one attached hydrogen (secondary N) is 1. The highest BCUT2D eigenvalue weighted by Gasteiger charge is 2.17. The Kier molecular flexibility index (Phi) is 3.05. The highest BCUT2D eigenvalue weighted by atomic mass is 32.2. The Bertz CT molecular complexity index is 501. The number of nitrogens with zero attached hydrogens (tertiary/aromatic N) is 2. The summed E-state index contributed by atoms with van der Waals surface area (Å²) < 4.78 is 0.120. The third-order valence-electron chi connectivity index (χ3n) is 1.82. The first-order valence-electron chi connectivity index (χ1n) is 4.90. The van der Waals surface area contributed by atoms with Crippen molar-refractivity contribution in [2.24, 2.45) is 5.84 Å². The molecule has 2 aromatic heterocycles. The maximum Gasteiger partial charge on any atom is 0.239 e. The van der Waals surface area contributed by atoms with Crippen molar-refractivity contribution in [2.75, 3.05) is 5.43 Å². The second kappa shape index (κ2) is 4.20. The lowest BCUT2D eigenvalue weighted by Gasteiger charge is -2.17. The second-order valence-electron chi connectivity index (χ2n) is 4.35. The average molecular weight is 254 g/mol. The molecule has 4 nitrogen and oxygen atoms in total. The standard InChI is InChI=1S/C10H14N4S2/c1-10(2,3)16-8-6-4-5-15-7(6)12-9(13-8)14-11/h4-5H,11H2,1-3H3,(H,12,13,14). The van der Waals surface area contributed by atoms with Crippen molar-refractivity contribution < 1.29 is 0 Å². The lowest BCUT2D eigenvalue weighted by atomic mass is 10.3. The van der Waals surface area contributed by atoms with Gasteiger partial charge in [-0.3, -0.25) is 5.43 Å². The van der Waals surface area contributed by atoms with Crippen molar-refractivity contribution in [2.45, 2.75) is 30.5 Å². The Labute approximate surface area is 103 Å². The van der Waals surface area contributed by atoms with Gasteiger partial charge in [-0.05, 0) is 11.4 Å².